The number of halogens is 1. The molecule has 4 N–H and O–H groups in total. The molecule has 0 aromatic carbocycles. The number of fused-ring (bicyclic) bond motifs is 2. The topological polar surface area (TPSA) is 82.0 Å². The number of hydrogen-bond acceptors (Lipinski definition) is 5. The van der Waals surface area contributed by atoms with Crippen molar-refractivity contribution in [3.05, 3.63) is 32.1 Å². The second-order valence-electron chi connectivity index (χ2n) is 6.69. The molecule has 4 rings (SSSR count). The van der Waals surface area contributed by atoms with Gasteiger partial charge in [-0.05, 0) is 46.5 Å². The largest absolute Gasteiger partial charge is 0.397 e. The van der Waals surface area contributed by atoms with Crippen LogP contribution in [0.1, 0.15) is 41.2 Å². The van der Waals surface area contributed by atoms with Gasteiger partial charge < -0.3 is 11.5 Å². The van der Waals surface area contributed by atoms with E-state index in [0.29, 0.717) is 10.6 Å². The molecule has 3 heterocycles. The minimum atomic E-state index is -0.492. The lowest BCUT2D eigenvalue weighted by atomic mass is 9.90. The number of carbonyl (C=O) groups is 1. The molecule has 1 amide bonds. The highest BCUT2D eigenvalue weighted by Crippen LogP contribution is 2.49. The second-order valence-corrected chi connectivity index (χ2v) is 10.2. The minimum absolute atomic E-state index is 0.0262. The fourth-order valence-electron chi connectivity index (χ4n) is 3.45. The molecular formula is C17H16BrN3OS2. The highest BCUT2D eigenvalue weighted by atomic mass is 79.9. The summed E-state index contributed by atoms with van der Waals surface area (Å²) in [6.07, 6.45) is 2.03. The summed E-state index contributed by atoms with van der Waals surface area (Å²) in [4.78, 5) is 19.0. The number of pyridine rings is 1. The summed E-state index contributed by atoms with van der Waals surface area (Å²) in [5, 5.41) is 0.875. The number of nitrogens with two attached hydrogens (primary N) is 2. The predicted octanol–water partition coefficient (Wildman–Crippen LogP) is 4.69. The zero-order chi connectivity index (χ0) is 17.2. The summed E-state index contributed by atoms with van der Waals surface area (Å²) in [5.74, 6) is -0.492. The van der Waals surface area contributed by atoms with Crippen molar-refractivity contribution >= 4 is 60.4 Å². The van der Waals surface area contributed by atoms with Gasteiger partial charge in [0.1, 0.15) is 9.71 Å². The number of anilines is 1. The Kier molecular flexibility index (Phi) is 3.53. The van der Waals surface area contributed by atoms with E-state index < -0.39 is 5.91 Å². The molecule has 0 unspecified atom stereocenters. The normalized spacial score (nSPS) is 15.8. The van der Waals surface area contributed by atoms with Gasteiger partial charge in [-0.15, -0.1) is 22.7 Å². The first-order valence-corrected chi connectivity index (χ1v) is 10.0. The number of thiophene rings is 2. The molecule has 0 aliphatic heterocycles. The van der Waals surface area contributed by atoms with Gasteiger partial charge in [-0.3, -0.25) is 4.79 Å². The summed E-state index contributed by atoms with van der Waals surface area (Å²) < 4.78 is 1.07. The molecule has 1 aliphatic carbocycles. The fourth-order valence-corrected chi connectivity index (χ4v) is 5.87. The molecule has 7 heteroatoms. The lowest BCUT2D eigenvalue weighted by molar-refractivity contribution is 0.100. The van der Waals surface area contributed by atoms with Gasteiger partial charge in [0.2, 0.25) is 0 Å². The summed E-state index contributed by atoms with van der Waals surface area (Å²) in [7, 11) is 0. The monoisotopic (exact) mass is 421 g/mol. The van der Waals surface area contributed by atoms with Crippen LogP contribution in [0.4, 0.5) is 5.69 Å². The van der Waals surface area contributed by atoms with Crippen molar-refractivity contribution in [3.63, 3.8) is 0 Å². The van der Waals surface area contributed by atoms with E-state index in [0.717, 1.165) is 43.0 Å². The summed E-state index contributed by atoms with van der Waals surface area (Å²) in [6.45, 7) is 4.44. The number of primary amides is 1. The number of hydrogen-bond donors (Lipinski definition) is 2. The molecule has 0 radical (unpaired) electrons. The molecule has 0 saturated carbocycles. The van der Waals surface area contributed by atoms with Gasteiger partial charge >= 0.3 is 0 Å². The Hall–Kier alpha value is -1.44. The Morgan fingerprint density at radius 3 is 2.71 bits per heavy atom. The number of carbonyl (C=O) groups excluding carboxylic acids is 1. The third-order valence-electron chi connectivity index (χ3n) is 4.66. The van der Waals surface area contributed by atoms with Crippen molar-refractivity contribution in [2.75, 3.05) is 5.73 Å². The molecule has 0 atom stereocenters. The molecule has 3 aromatic heterocycles. The van der Waals surface area contributed by atoms with Crippen LogP contribution in [0, 0.1) is 0 Å². The molecule has 1 aliphatic rings. The van der Waals surface area contributed by atoms with Gasteiger partial charge in [0.25, 0.3) is 5.91 Å². The van der Waals surface area contributed by atoms with Crippen molar-refractivity contribution in [2.45, 2.75) is 32.1 Å². The molecule has 3 aromatic rings. The maximum Gasteiger partial charge on any atom is 0.260 e. The van der Waals surface area contributed by atoms with Crippen molar-refractivity contribution in [2.24, 2.45) is 5.73 Å². The highest BCUT2D eigenvalue weighted by Gasteiger charge is 2.36. The molecule has 0 spiro atoms. The lowest BCUT2D eigenvalue weighted by Crippen LogP contribution is -2.14. The van der Waals surface area contributed by atoms with E-state index in [4.69, 9.17) is 16.5 Å². The summed E-state index contributed by atoms with van der Waals surface area (Å²) in [5.41, 5.74) is 15.8. The Morgan fingerprint density at radius 2 is 2.08 bits per heavy atom. The van der Waals surface area contributed by atoms with Crippen molar-refractivity contribution in [1.82, 2.24) is 4.98 Å². The van der Waals surface area contributed by atoms with Crippen LogP contribution in [-0.4, -0.2) is 10.9 Å². The van der Waals surface area contributed by atoms with Crippen LogP contribution >= 0.6 is 38.6 Å². The van der Waals surface area contributed by atoms with Crippen LogP contribution in [0.3, 0.4) is 0 Å². The Labute approximate surface area is 156 Å². The molecule has 24 heavy (non-hydrogen) atoms. The van der Waals surface area contributed by atoms with Gasteiger partial charge in [-0.2, -0.15) is 0 Å². The standard InChI is InChI=1S/C17H16BrN3OS2/c1-17(2)6-5-7-10(8-3-4-9(18)23-8)11-12(19)13(15(20)22)24-16(11)21-14(7)17/h3-4H,5-6,19H2,1-2H3,(H2,20,22). The number of rotatable bonds is 2. The van der Waals surface area contributed by atoms with E-state index in [-0.39, 0.29) is 5.41 Å². The Balaban J connectivity index is 2.16. The van der Waals surface area contributed by atoms with E-state index >= 15 is 0 Å². The van der Waals surface area contributed by atoms with Gasteiger partial charge in [0.05, 0.1) is 15.2 Å². The van der Waals surface area contributed by atoms with Gasteiger partial charge in [-0.25, -0.2) is 4.98 Å². The number of nitrogens with zero attached hydrogens (tertiary/aromatic N) is 1. The van der Waals surface area contributed by atoms with E-state index in [1.165, 1.54) is 16.9 Å². The smallest absolute Gasteiger partial charge is 0.260 e. The SMILES string of the molecule is CC1(C)CCc2c1nc1sc(C(N)=O)c(N)c1c2-c1ccc(Br)s1. The predicted molar refractivity (Wildman–Crippen MR) is 105 cm³/mol. The first kappa shape index (κ1) is 16.1. The Bertz CT molecular complexity index is 1000. The average molecular weight is 422 g/mol. The average Bonchev–Trinajstić information content (AvgIpc) is 3.16. The molecular weight excluding hydrogens is 406 g/mol. The minimum Gasteiger partial charge on any atom is -0.397 e. The maximum atomic E-state index is 11.7. The van der Waals surface area contributed by atoms with E-state index in [1.54, 1.807) is 11.3 Å². The van der Waals surface area contributed by atoms with Crippen LogP contribution in [-0.2, 0) is 11.8 Å². The zero-order valence-corrected chi connectivity index (χ0v) is 16.5. The van der Waals surface area contributed by atoms with Crippen LogP contribution in [0.25, 0.3) is 20.7 Å². The summed E-state index contributed by atoms with van der Waals surface area (Å²) in [6, 6.07) is 4.13. The lowest BCUT2D eigenvalue weighted by Gasteiger charge is -2.18. The third kappa shape index (κ3) is 2.22. The van der Waals surface area contributed by atoms with Gasteiger partial charge in [-0.1, -0.05) is 13.8 Å². The third-order valence-corrected chi connectivity index (χ3v) is 7.42. The number of amides is 1. The molecule has 0 bridgehead atoms. The van der Waals surface area contributed by atoms with Gasteiger partial charge in [0.15, 0.2) is 0 Å². The van der Waals surface area contributed by atoms with Crippen LogP contribution in [0.2, 0.25) is 0 Å². The second kappa shape index (κ2) is 5.28. The highest BCUT2D eigenvalue weighted by molar-refractivity contribution is 9.11. The maximum absolute atomic E-state index is 11.7. The number of nitrogen functional groups attached to an aromatic ring is 1. The quantitative estimate of drug-likeness (QED) is 0.629. The Morgan fingerprint density at radius 1 is 1.33 bits per heavy atom. The first-order valence-electron chi connectivity index (χ1n) is 7.60. The fraction of sp³-hybridized carbons (Fsp3) is 0.294. The summed E-state index contributed by atoms with van der Waals surface area (Å²) >= 11 is 6.51. The zero-order valence-electron chi connectivity index (χ0n) is 13.3. The van der Waals surface area contributed by atoms with Crippen LogP contribution in [0.5, 0.6) is 0 Å². The molecule has 124 valence electrons. The molecule has 0 fully saturated rings. The number of aromatic nitrogens is 1. The van der Waals surface area contributed by atoms with Crippen molar-refractivity contribution in [3.8, 4) is 10.4 Å². The van der Waals surface area contributed by atoms with Crippen molar-refractivity contribution < 1.29 is 4.79 Å². The first-order chi connectivity index (χ1) is 11.3. The van der Waals surface area contributed by atoms with E-state index in [1.807, 2.05) is 6.07 Å². The van der Waals surface area contributed by atoms with Crippen molar-refractivity contribution in [1.29, 1.82) is 0 Å². The molecule has 0 saturated heterocycles. The van der Waals surface area contributed by atoms with Gasteiger partial charge in [0, 0.05) is 21.2 Å². The van der Waals surface area contributed by atoms with Crippen LogP contribution < -0.4 is 11.5 Å². The van der Waals surface area contributed by atoms with Crippen LogP contribution in [0.15, 0.2) is 15.9 Å². The van der Waals surface area contributed by atoms with E-state index in [9.17, 15) is 4.79 Å². The molecule has 4 nitrogen and oxygen atoms in total. The van der Waals surface area contributed by atoms with E-state index in [2.05, 4.69) is 35.8 Å².